The molecular weight excluding hydrogens is 545 g/mol. The molecule has 1 fully saturated rings. The predicted molar refractivity (Wildman–Crippen MR) is 135 cm³/mol. The zero-order chi connectivity index (χ0) is 23.1. The topological polar surface area (TPSA) is 58.6 Å². The minimum absolute atomic E-state index is 0. The maximum absolute atomic E-state index is 13.9. The third-order valence-electron chi connectivity index (χ3n) is 5.51. The van der Waals surface area contributed by atoms with E-state index in [4.69, 9.17) is 14.2 Å². The molecule has 2 aromatic carbocycles. The first-order valence-corrected chi connectivity index (χ1v) is 10.4. The van der Waals surface area contributed by atoms with E-state index in [0.29, 0.717) is 29.8 Å². The van der Waals surface area contributed by atoms with Crippen molar-refractivity contribution in [2.45, 2.75) is 13.1 Å². The Balaban J connectivity index is 0.00000385. The van der Waals surface area contributed by atoms with E-state index >= 15 is 0 Å². The van der Waals surface area contributed by atoms with E-state index in [2.05, 4.69) is 20.1 Å². The number of halogens is 3. The predicted octanol–water partition coefficient (Wildman–Crippen LogP) is 3.50. The highest BCUT2D eigenvalue weighted by Gasteiger charge is 2.23. The molecule has 0 bridgehead atoms. The summed E-state index contributed by atoms with van der Waals surface area (Å²) in [5.41, 5.74) is 1.29. The Bertz CT molecular complexity index is 954. The minimum atomic E-state index is -0.461. The van der Waals surface area contributed by atoms with Gasteiger partial charge in [0.1, 0.15) is 11.6 Å². The van der Waals surface area contributed by atoms with Gasteiger partial charge in [0.05, 0.1) is 21.3 Å². The number of guanidine groups is 1. The smallest absolute Gasteiger partial charge is 0.203 e. The Morgan fingerprint density at radius 2 is 1.64 bits per heavy atom. The summed E-state index contributed by atoms with van der Waals surface area (Å²) in [6, 6.07) is 7.31. The average molecular weight is 576 g/mol. The molecule has 7 nitrogen and oxygen atoms in total. The second-order valence-corrected chi connectivity index (χ2v) is 7.39. The van der Waals surface area contributed by atoms with E-state index in [1.54, 1.807) is 28.4 Å². The van der Waals surface area contributed by atoms with Gasteiger partial charge in [-0.1, -0.05) is 6.07 Å². The molecule has 1 aliphatic rings. The lowest BCUT2D eigenvalue weighted by atomic mass is 10.1. The number of hydrogen-bond donors (Lipinski definition) is 1. The van der Waals surface area contributed by atoms with Crippen LogP contribution in [0, 0.1) is 11.6 Å². The normalized spacial score (nSPS) is 14.5. The van der Waals surface area contributed by atoms with Crippen LogP contribution in [0.2, 0.25) is 0 Å². The fourth-order valence-corrected chi connectivity index (χ4v) is 3.83. The molecule has 1 aliphatic heterocycles. The monoisotopic (exact) mass is 576 g/mol. The number of ether oxygens (including phenoxy) is 3. The Hall–Kier alpha value is -2.34. The molecule has 0 atom stereocenters. The molecule has 0 aliphatic carbocycles. The van der Waals surface area contributed by atoms with Crippen molar-refractivity contribution in [2.75, 3.05) is 54.6 Å². The molecule has 0 radical (unpaired) electrons. The van der Waals surface area contributed by atoms with Gasteiger partial charge in [0.15, 0.2) is 17.5 Å². The summed E-state index contributed by atoms with van der Waals surface area (Å²) in [5.74, 6) is 1.64. The number of piperazine rings is 1. The van der Waals surface area contributed by atoms with Crippen LogP contribution in [0.15, 0.2) is 35.3 Å². The van der Waals surface area contributed by atoms with Crippen molar-refractivity contribution in [3.8, 4) is 17.2 Å². The van der Waals surface area contributed by atoms with Crippen LogP contribution in [0.1, 0.15) is 11.1 Å². The Morgan fingerprint density at radius 3 is 2.24 bits per heavy atom. The maximum atomic E-state index is 13.9. The van der Waals surface area contributed by atoms with Crippen molar-refractivity contribution in [3.05, 3.63) is 53.1 Å². The molecule has 0 amide bonds. The van der Waals surface area contributed by atoms with Gasteiger partial charge in [0, 0.05) is 57.4 Å². The fraction of sp³-hybridized carbons (Fsp3) is 0.435. The van der Waals surface area contributed by atoms with Gasteiger partial charge in [-0.05, 0) is 24.3 Å². The molecule has 0 aromatic heterocycles. The van der Waals surface area contributed by atoms with Crippen LogP contribution in [-0.4, -0.2) is 70.3 Å². The lowest BCUT2D eigenvalue weighted by Crippen LogP contribution is -2.52. The first-order valence-electron chi connectivity index (χ1n) is 10.4. The number of rotatable bonds is 7. The van der Waals surface area contributed by atoms with Crippen molar-refractivity contribution in [1.29, 1.82) is 0 Å². The van der Waals surface area contributed by atoms with Gasteiger partial charge in [-0.15, -0.1) is 24.0 Å². The number of nitrogens with zero attached hydrogens (tertiary/aromatic N) is 3. The number of hydrogen-bond acceptors (Lipinski definition) is 5. The molecule has 1 heterocycles. The third-order valence-corrected chi connectivity index (χ3v) is 5.51. The largest absolute Gasteiger partial charge is 0.493 e. The summed E-state index contributed by atoms with van der Waals surface area (Å²) < 4.78 is 43.7. The lowest BCUT2D eigenvalue weighted by Gasteiger charge is -2.36. The van der Waals surface area contributed by atoms with Gasteiger partial charge in [-0.25, -0.2) is 8.78 Å². The SMILES string of the molecule is CN=C(NCc1cc(F)ccc1F)N1CCN(Cc2ccc(OC)c(OC)c2OC)CC1.I. The van der Waals surface area contributed by atoms with Crippen LogP contribution >= 0.6 is 24.0 Å². The standard InChI is InChI=1S/C23H30F2N4O3.HI/c1-26-23(27-14-17-13-18(24)6-7-19(17)25)29-11-9-28(10-12-29)15-16-5-8-20(30-2)22(32-4)21(16)31-3;/h5-8,13H,9-12,14-15H2,1-4H3,(H,26,27);1H. The van der Waals surface area contributed by atoms with Crippen LogP contribution in [0.5, 0.6) is 17.2 Å². The highest BCUT2D eigenvalue weighted by molar-refractivity contribution is 14.0. The van der Waals surface area contributed by atoms with Crippen molar-refractivity contribution >= 4 is 29.9 Å². The van der Waals surface area contributed by atoms with Crippen molar-refractivity contribution < 1.29 is 23.0 Å². The molecule has 0 saturated carbocycles. The van der Waals surface area contributed by atoms with Gasteiger partial charge < -0.3 is 24.4 Å². The Kier molecular flexibility index (Phi) is 10.4. The summed E-state index contributed by atoms with van der Waals surface area (Å²) in [4.78, 5) is 8.73. The van der Waals surface area contributed by atoms with E-state index in [-0.39, 0.29) is 36.1 Å². The maximum Gasteiger partial charge on any atom is 0.203 e. The van der Waals surface area contributed by atoms with E-state index in [1.165, 1.54) is 6.07 Å². The van der Waals surface area contributed by atoms with Crippen molar-refractivity contribution in [3.63, 3.8) is 0 Å². The van der Waals surface area contributed by atoms with Crippen LogP contribution in [-0.2, 0) is 13.1 Å². The summed E-state index contributed by atoms with van der Waals surface area (Å²) in [6.45, 7) is 4.00. The zero-order valence-corrected chi connectivity index (χ0v) is 21.7. The van der Waals surface area contributed by atoms with Crippen molar-refractivity contribution in [2.24, 2.45) is 4.99 Å². The van der Waals surface area contributed by atoms with E-state index in [0.717, 1.165) is 43.9 Å². The second kappa shape index (κ2) is 12.8. The highest BCUT2D eigenvalue weighted by Crippen LogP contribution is 2.40. The van der Waals surface area contributed by atoms with E-state index in [9.17, 15) is 8.78 Å². The Morgan fingerprint density at radius 1 is 0.939 bits per heavy atom. The van der Waals surface area contributed by atoms with Crippen molar-refractivity contribution in [1.82, 2.24) is 15.1 Å². The fourth-order valence-electron chi connectivity index (χ4n) is 3.83. The molecule has 10 heteroatoms. The summed E-state index contributed by atoms with van der Waals surface area (Å²) in [7, 11) is 6.50. The summed E-state index contributed by atoms with van der Waals surface area (Å²) in [6.07, 6.45) is 0. The first kappa shape index (κ1) is 26.9. The number of methoxy groups -OCH3 is 3. The quantitative estimate of drug-likeness (QED) is 0.310. The Labute approximate surface area is 210 Å². The molecule has 3 rings (SSSR count). The van der Waals surface area contributed by atoms with Crippen LogP contribution in [0.4, 0.5) is 8.78 Å². The van der Waals surface area contributed by atoms with Crippen LogP contribution < -0.4 is 19.5 Å². The van der Waals surface area contributed by atoms with Crippen LogP contribution in [0.3, 0.4) is 0 Å². The van der Waals surface area contributed by atoms with E-state index < -0.39 is 11.6 Å². The van der Waals surface area contributed by atoms with Gasteiger partial charge in [0.2, 0.25) is 5.75 Å². The van der Waals surface area contributed by atoms with Gasteiger partial charge in [-0.2, -0.15) is 0 Å². The molecule has 1 saturated heterocycles. The molecule has 0 unspecified atom stereocenters. The molecule has 1 N–H and O–H groups in total. The first-order chi connectivity index (χ1) is 15.5. The minimum Gasteiger partial charge on any atom is -0.493 e. The van der Waals surface area contributed by atoms with Gasteiger partial charge >= 0.3 is 0 Å². The molecule has 2 aromatic rings. The molecule has 182 valence electrons. The number of aliphatic imine (C=N–C) groups is 1. The second-order valence-electron chi connectivity index (χ2n) is 7.39. The lowest BCUT2D eigenvalue weighted by molar-refractivity contribution is 0.170. The molecular formula is C23H31F2IN4O3. The summed E-state index contributed by atoms with van der Waals surface area (Å²) >= 11 is 0. The molecule has 33 heavy (non-hydrogen) atoms. The zero-order valence-electron chi connectivity index (χ0n) is 19.4. The van der Waals surface area contributed by atoms with Crippen LogP contribution in [0.25, 0.3) is 0 Å². The third kappa shape index (κ3) is 6.59. The number of benzene rings is 2. The van der Waals surface area contributed by atoms with Gasteiger partial charge in [-0.3, -0.25) is 9.89 Å². The number of nitrogens with one attached hydrogen (secondary N) is 1. The highest BCUT2D eigenvalue weighted by atomic mass is 127. The average Bonchev–Trinajstić information content (AvgIpc) is 2.82. The summed E-state index contributed by atoms with van der Waals surface area (Å²) in [5, 5.41) is 3.13. The van der Waals surface area contributed by atoms with E-state index in [1.807, 2.05) is 12.1 Å². The van der Waals surface area contributed by atoms with Gasteiger partial charge in [0.25, 0.3) is 0 Å². The molecule has 0 spiro atoms.